The van der Waals surface area contributed by atoms with Crippen molar-refractivity contribution in [1.29, 1.82) is 0 Å². The molecule has 1 aliphatic rings. The predicted octanol–water partition coefficient (Wildman–Crippen LogP) is 3.96. The van der Waals surface area contributed by atoms with Crippen molar-refractivity contribution in [2.75, 3.05) is 13.1 Å². The van der Waals surface area contributed by atoms with Crippen molar-refractivity contribution in [2.45, 2.75) is 44.9 Å². The first kappa shape index (κ1) is 12.6. The minimum absolute atomic E-state index is 0.625. The molecule has 1 aromatic rings. The van der Waals surface area contributed by atoms with Gasteiger partial charge >= 0.3 is 0 Å². The zero-order valence-corrected chi connectivity index (χ0v) is 11.0. The molecule has 0 spiro atoms. The third-order valence-corrected chi connectivity index (χ3v) is 4.02. The van der Waals surface area contributed by atoms with E-state index in [-0.39, 0.29) is 0 Å². The molecule has 2 rings (SSSR count). The fourth-order valence-electron chi connectivity index (χ4n) is 2.82. The van der Waals surface area contributed by atoms with Crippen LogP contribution in [0.15, 0.2) is 30.3 Å². The van der Waals surface area contributed by atoms with Gasteiger partial charge < -0.3 is 5.32 Å². The highest BCUT2D eigenvalue weighted by Crippen LogP contribution is 2.26. The Labute approximate surface area is 106 Å². The summed E-state index contributed by atoms with van der Waals surface area (Å²) in [5.74, 6) is 1.63. The van der Waals surface area contributed by atoms with Gasteiger partial charge in [-0.05, 0) is 30.4 Å². The molecule has 1 unspecified atom stereocenters. The van der Waals surface area contributed by atoms with Crippen LogP contribution in [-0.4, -0.2) is 13.1 Å². The van der Waals surface area contributed by atoms with Gasteiger partial charge in [0.25, 0.3) is 0 Å². The maximum atomic E-state index is 3.61. The molecule has 17 heavy (non-hydrogen) atoms. The summed E-state index contributed by atoms with van der Waals surface area (Å²) in [5, 5.41) is 3.61. The molecule has 1 aliphatic carbocycles. The number of hydrogen-bond acceptors (Lipinski definition) is 1. The van der Waals surface area contributed by atoms with E-state index in [4.69, 9.17) is 0 Å². The van der Waals surface area contributed by atoms with Crippen LogP contribution in [0.2, 0.25) is 0 Å². The maximum absolute atomic E-state index is 3.61. The molecule has 1 fully saturated rings. The summed E-state index contributed by atoms with van der Waals surface area (Å²) < 4.78 is 0. The molecule has 0 heterocycles. The van der Waals surface area contributed by atoms with Gasteiger partial charge in [0.05, 0.1) is 0 Å². The average molecular weight is 231 g/mol. The lowest BCUT2D eigenvalue weighted by molar-refractivity contribution is 0.471. The van der Waals surface area contributed by atoms with Crippen LogP contribution in [0.5, 0.6) is 0 Å². The van der Waals surface area contributed by atoms with Crippen LogP contribution < -0.4 is 5.32 Å². The van der Waals surface area contributed by atoms with Crippen LogP contribution in [-0.2, 0) is 0 Å². The second-order valence-corrected chi connectivity index (χ2v) is 5.46. The third kappa shape index (κ3) is 4.16. The standard InChI is InChI=1S/C16H25N/c1-14(16-9-3-2-4-10-16)13-17-12-11-15-7-5-6-8-15/h2-4,9-10,14-15,17H,5-8,11-13H2,1H3. The molecule has 0 saturated heterocycles. The van der Waals surface area contributed by atoms with Gasteiger partial charge in [-0.2, -0.15) is 0 Å². The molecule has 1 nitrogen and oxygen atoms in total. The molecule has 0 bridgehead atoms. The van der Waals surface area contributed by atoms with Crippen LogP contribution in [0.3, 0.4) is 0 Å². The SMILES string of the molecule is CC(CNCCC1CCCC1)c1ccccc1. The smallest absolute Gasteiger partial charge is 0.00174 e. The van der Waals surface area contributed by atoms with Crippen LogP contribution in [0, 0.1) is 5.92 Å². The number of benzene rings is 1. The minimum atomic E-state index is 0.625. The van der Waals surface area contributed by atoms with Crippen molar-refractivity contribution >= 4 is 0 Å². The Bertz CT molecular complexity index is 301. The predicted molar refractivity (Wildman–Crippen MR) is 74.3 cm³/mol. The van der Waals surface area contributed by atoms with Gasteiger partial charge in [0.15, 0.2) is 0 Å². The van der Waals surface area contributed by atoms with Gasteiger partial charge in [0, 0.05) is 6.54 Å². The summed E-state index contributed by atoms with van der Waals surface area (Å²) in [6.07, 6.45) is 7.24. The minimum Gasteiger partial charge on any atom is -0.316 e. The Morgan fingerprint density at radius 2 is 1.88 bits per heavy atom. The van der Waals surface area contributed by atoms with Crippen molar-refractivity contribution in [3.05, 3.63) is 35.9 Å². The van der Waals surface area contributed by atoms with Gasteiger partial charge in [0.1, 0.15) is 0 Å². The largest absolute Gasteiger partial charge is 0.316 e. The summed E-state index contributed by atoms with van der Waals surface area (Å²) in [4.78, 5) is 0. The van der Waals surface area contributed by atoms with Crippen LogP contribution in [0.25, 0.3) is 0 Å². The van der Waals surface area contributed by atoms with Crippen LogP contribution in [0.1, 0.15) is 50.5 Å². The van der Waals surface area contributed by atoms with E-state index in [1.54, 1.807) is 0 Å². The van der Waals surface area contributed by atoms with Crippen LogP contribution in [0.4, 0.5) is 0 Å². The van der Waals surface area contributed by atoms with Gasteiger partial charge in [-0.25, -0.2) is 0 Å². The first-order chi connectivity index (χ1) is 8.36. The fourth-order valence-corrected chi connectivity index (χ4v) is 2.82. The Hall–Kier alpha value is -0.820. The molecule has 1 heteroatoms. The summed E-state index contributed by atoms with van der Waals surface area (Å²) in [7, 11) is 0. The Morgan fingerprint density at radius 1 is 1.18 bits per heavy atom. The number of hydrogen-bond donors (Lipinski definition) is 1. The first-order valence-corrected chi connectivity index (χ1v) is 7.12. The normalized spacial score (nSPS) is 18.4. The second-order valence-electron chi connectivity index (χ2n) is 5.46. The molecule has 1 atom stereocenters. The van der Waals surface area contributed by atoms with Gasteiger partial charge in [-0.15, -0.1) is 0 Å². The van der Waals surface area contributed by atoms with Crippen molar-refractivity contribution < 1.29 is 0 Å². The molecular weight excluding hydrogens is 206 g/mol. The van der Waals surface area contributed by atoms with E-state index in [0.717, 1.165) is 12.5 Å². The van der Waals surface area contributed by atoms with Crippen molar-refractivity contribution in [3.63, 3.8) is 0 Å². The van der Waals surface area contributed by atoms with Crippen molar-refractivity contribution in [2.24, 2.45) is 5.92 Å². The van der Waals surface area contributed by atoms with Crippen molar-refractivity contribution in [1.82, 2.24) is 5.32 Å². The lowest BCUT2D eigenvalue weighted by Crippen LogP contribution is -2.22. The van der Waals surface area contributed by atoms with E-state index in [9.17, 15) is 0 Å². The topological polar surface area (TPSA) is 12.0 Å². The quantitative estimate of drug-likeness (QED) is 0.731. The summed E-state index contributed by atoms with van der Waals surface area (Å²) in [6.45, 7) is 4.61. The highest BCUT2D eigenvalue weighted by molar-refractivity contribution is 5.18. The Kier molecular flexibility index (Phi) is 5.06. The average Bonchev–Trinajstić information content (AvgIpc) is 2.88. The lowest BCUT2D eigenvalue weighted by atomic mass is 10.0. The van der Waals surface area contributed by atoms with E-state index in [1.165, 1.54) is 44.2 Å². The maximum Gasteiger partial charge on any atom is 0.00174 e. The molecule has 1 N–H and O–H groups in total. The van der Waals surface area contributed by atoms with E-state index >= 15 is 0 Å². The summed E-state index contributed by atoms with van der Waals surface area (Å²) in [6, 6.07) is 10.8. The number of rotatable bonds is 6. The first-order valence-electron chi connectivity index (χ1n) is 7.12. The van der Waals surface area contributed by atoms with Gasteiger partial charge in [0.2, 0.25) is 0 Å². The van der Waals surface area contributed by atoms with Crippen LogP contribution >= 0.6 is 0 Å². The Balaban J connectivity index is 1.61. The number of nitrogens with one attached hydrogen (secondary N) is 1. The van der Waals surface area contributed by atoms with Gasteiger partial charge in [-0.3, -0.25) is 0 Å². The summed E-state index contributed by atoms with van der Waals surface area (Å²) >= 11 is 0. The molecule has 0 amide bonds. The summed E-state index contributed by atoms with van der Waals surface area (Å²) in [5.41, 5.74) is 1.45. The molecule has 94 valence electrons. The molecule has 0 aliphatic heterocycles. The van der Waals surface area contributed by atoms with E-state index in [1.807, 2.05) is 0 Å². The second kappa shape index (κ2) is 6.80. The van der Waals surface area contributed by atoms with Gasteiger partial charge in [-0.1, -0.05) is 62.9 Å². The molecule has 0 aromatic heterocycles. The molecule has 1 saturated carbocycles. The monoisotopic (exact) mass is 231 g/mol. The zero-order chi connectivity index (χ0) is 11.9. The van der Waals surface area contributed by atoms with Crippen molar-refractivity contribution in [3.8, 4) is 0 Å². The molecule has 1 aromatic carbocycles. The fraction of sp³-hybridized carbons (Fsp3) is 0.625. The highest BCUT2D eigenvalue weighted by Gasteiger charge is 2.14. The molecular formula is C16H25N. The van der Waals surface area contributed by atoms with E-state index in [0.29, 0.717) is 5.92 Å². The third-order valence-electron chi connectivity index (χ3n) is 4.02. The lowest BCUT2D eigenvalue weighted by Gasteiger charge is -2.14. The van der Waals surface area contributed by atoms with E-state index in [2.05, 4.69) is 42.6 Å². The Morgan fingerprint density at radius 3 is 2.59 bits per heavy atom. The zero-order valence-electron chi connectivity index (χ0n) is 11.0. The van der Waals surface area contributed by atoms with E-state index < -0.39 is 0 Å². The molecule has 0 radical (unpaired) electrons. The highest BCUT2D eigenvalue weighted by atomic mass is 14.9.